The molecule has 1 fully saturated rings. The summed E-state index contributed by atoms with van der Waals surface area (Å²) in [5.41, 5.74) is 11.1. The first-order valence-electron chi connectivity index (χ1n) is 9.64. The van der Waals surface area contributed by atoms with Crippen LogP contribution in [0.3, 0.4) is 0 Å². The van der Waals surface area contributed by atoms with E-state index in [9.17, 15) is 4.79 Å². The molecule has 1 aromatic carbocycles. The van der Waals surface area contributed by atoms with Gasteiger partial charge in [0, 0.05) is 41.0 Å². The van der Waals surface area contributed by atoms with E-state index in [1.54, 1.807) is 6.20 Å². The summed E-state index contributed by atoms with van der Waals surface area (Å²) in [6.45, 7) is 6.28. The number of carbonyl (C=O) groups excluding carboxylic acids is 1. The molecule has 0 bridgehead atoms. The number of anilines is 3. The van der Waals surface area contributed by atoms with Crippen LogP contribution < -0.4 is 16.4 Å². The largest absolute Gasteiger partial charge is 0.398 e. The molecule has 1 aliphatic rings. The van der Waals surface area contributed by atoms with Crippen LogP contribution in [0, 0.1) is 12.8 Å². The number of nitrogens with zero attached hydrogens (tertiary/aromatic N) is 2. The van der Waals surface area contributed by atoms with E-state index in [0.29, 0.717) is 17.5 Å². The van der Waals surface area contributed by atoms with Crippen molar-refractivity contribution in [1.82, 2.24) is 9.97 Å². The standard InChI is InChI=1S/C22H25N5O/c1-12(2)26-20-11-24-9-17(13(20)3)15-6-16-8-21(27-22(28)14-4-5-14)25-10-18(16)19(23)7-15/h6-12,14,26H,4-5,23H2,1-3H3,(H,25,27,28). The molecule has 144 valence electrons. The quantitative estimate of drug-likeness (QED) is 0.576. The lowest BCUT2D eigenvalue weighted by Gasteiger charge is -2.16. The monoisotopic (exact) mass is 375 g/mol. The normalized spacial score (nSPS) is 13.7. The third kappa shape index (κ3) is 3.63. The number of nitrogen functional groups attached to an aromatic ring is 1. The Kier molecular flexibility index (Phi) is 4.63. The molecule has 6 heteroatoms. The smallest absolute Gasteiger partial charge is 0.228 e. The van der Waals surface area contributed by atoms with Crippen LogP contribution in [0.4, 0.5) is 17.2 Å². The van der Waals surface area contributed by atoms with Crippen LogP contribution in [0.15, 0.2) is 36.8 Å². The molecule has 1 aliphatic carbocycles. The molecule has 1 amide bonds. The highest BCUT2D eigenvalue weighted by Crippen LogP contribution is 2.34. The first-order chi connectivity index (χ1) is 13.4. The maximum absolute atomic E-state index is 12.0. The van der Waals surface area contributed by atoms with E-state index in [1.165, 1.54) is 0 Å². The summed E-state index contributed by atoms with van der Waals surface area (Å²) in [6, 6.07) is 6.23. The Balaban J connectivity index is 1.74. The molecule has 0 atom stereocenters. The molecule has 28 heavy (non-hydrogen) atoms. The van der Waals surface area contributed by atoms with Crippen LogP contribution in [0.2, 0.25) is 0 Å². The first kappa shape index (κ1) is 18.2. The zero-order valence-corrected chi connectivity index (χ0v) is 16.4. The molecule has 2 heterocycles. The predicted octanol–water partition coefficient (Wildman–Crippen LogP) is 4.36. The Hall–Kier alpha value is -3.15. The van der Waals surface area contributed by atoms with Gasteiger partial charge in [-0.3, -0.25) is 9.78 Å². The Morgan fingerprint density at radius 3 is 2.68 bits per heavy atom. The van der Waals surface area contributed by atoms with E-state index in [-0.39, 0.29) is 11.8 Å². The first-order valence-corrected chi connectivity index (χ1v) is 9.64. The minimum Gasteiger partial charge on any atom is -0.398 e. The van der Waals surface area contributed by atoms with Crippen molar-refractivity contribution in [2.45, 2.75) is 39.7 Å². The third-order valence-corrected chi connectivity index (χ3v) is 5.04. The number of hydrogen-bond acceptors (Lipinski definition) is 5. The van der Waals surface area contributed by atoms with E-state index in [1.807, 2.05) is 24.5 Å². The second-order valence-electron chi connectivity index (χ2n) is 7.78. The highest BCUT2D eigenvalue weighted by Gasteiger charge is 2.29. The Morgan fingerprint density at radius 1 is 1.18 bits per heavy atom. The second kappa shape index (κ2) is 7.11. The average Bonchev–Trinajstić information content (AvgIpc) is 3.48. The highest BCUT2D eigenvalue weighted by atomic mass is 16.2. The molecule has 0 unspecified atom stereocenters. The van der Waals surface area contributed by atoms with Gasteiger partial charge in [0.1, 0.15) is 5.82 Å². The van der Waals surface area contributed by atoms with E-state index in [4.69, 9.17) is 5.73 Å². The van der Waals surface area contributed by atoms with Crippen molar-refractivity contribution in [2.24, 2.45) is 5.92 Å². The van der Waals surface area contributed by atoms with Gasteiger partial charge in [0.15, 0.2) is 0 Å². The number of aromatic nitrogens is 2. The molecular weight excluding hydrogens is 350 g/mol. The predicted molar refractivity (Wildman–Crippen MR) is 114 cm³/mol. The van der Waals surface area contributed by atoms with Crippen LogP contribution in [-0.2, 0) is 4.79 Å². The SMILES string of the molecule is Cc1c(NC(C)C)cncc1-c1cc(N)c2cnc(NC(=O)C3CC3)cc2c1. The molecule has 0 saturated heterocycles. The zero-order valence-electron chi connectivity index (χ0n) is 16.4. The lowest BCUT2D eigenvalue weighted by atomic mass is 9.98. The van der Waals surface area contributed by atoms with Crippen LogP contribution >= 0.6 is 0 Å². The Morgan fingerprint density at radius 2 is 1.96 bits per heavy atom. The summed E-state index contributed by atoms with van der Waals surface area (Å²) in [4.78, 5) is 20.8. The van der Waals surface area contributed by atoms with Crippen LogP contribution in [0.5, 0.6) is 0 Å². The summed E-state index contributed by atoms with van der Waals surface area (Å²) in [5, 5.41) is 8.15. The molecule has 0 radical (unpaired) electrons. The number of benzene rings is 1. The molecule has 6 nitrogen and oxygen atoms in total. The minimum absolute atomic E-state index is 0.0449. The fourth-order valence-electron chi connectivity index (χ4n) is 3.36. The molecule has 1 saturated carbocycles. The number of nitrogens with two attached hydrogens (primary N) is 1. The topological polar surface area (TPSA) is 92.9 Å². The third-order valence-electron chi connectivity index (χ3n) is 5.04. The second-order valence-corrected chi connectivity index (χ2v) is 7.78. The van der Waals surface area contributed by atoms with Gasteiger partial charge in [0.25, 0.3) is 0 Å². The maximum Gasteiger partial charge on any atom is 0.228 e. The van der Waals surface area contributed by atoms with E-state index in [0.717, 1.165) is 46.0 Å². The highest BCUT2D eigenvalue weighted by molar-refractivity contribution is 6.00. The van der Waals surface area contributed by atoms with Gasteiger partial charge in [-0.2, -0.15) is 0 Å². The number of rotatable bonds is 5. The molecule has 4 rings (SSSR count). The van der Waals surface area contributed by atoms with Crippen molar-refractivity contribution in [3.05, 3.63) is 42.4 Å². The Labute approximate surface area is 164 Å². The molecule has 0 spiro atoms. The number of amides is 1. The van der Waals surface area contributed by atoms with Gasteiger partial charge in [-0.15, -0.1) is 0 Å². The van der Waals surface area contributed by atoms with Gasteiger partial charge < -0.3 is 16.4 Å². The fourth-order valence-corrected chi connectivity index (χ4v) is 3.36. The lowest BCUT2D eigenvalue weighted by molar-refractivity contribution is -0.117. The van der Waals surface area contributed by atoms with Crippen molar-refractivity contribution in [3.8, 4) is 11.1 Å². The molecule has 0 aliphatic heterocycles. The summed E-state index contributed by atoms with van der Waals surface area (Å²) in [7, 11) is 0. The molecule has 4 N–H and O–H groups in total. The van der Waals surface area contributed by atoms with Gasteiger partial charge in [-0.05, 0) is 68.3 Å². The van der Waals surface area contributed by atoms with Crippen molar-refractivity contribution in [2.75, 3.05) is 16.4 Å². The van der Waals surface area contributed by atoms with Crippen molar-refractivity contribution < 1.29 is 4.79 Å². The number of hydrogen-bond donors (Lipinski definition) is 3. The Bertz CT molecular complexity index is 1060. The maximum atomic E-state index is 12.0. The number of nitrogens with one attached hydrogen (secondary N) is 2. The average molecular weight is 375 g/mol. The van der Waals surface area contributed by atoms with Crippen LogP contribution in [-0.4, -0.2) is 21.9 Å². The van der Waals surface area contributed by atoms with Gasteiger partial charge in [-0.1, -0.05) is 0 Å². The van der Waals surface area contributed by atoms with Crippen molar-refractivity contribution in [3.63, 3.8) is 0 Å². The number of fused-ring (bicyclic) bond motifs is 1. The minimum atomic E-state index is 0.0449. The van der Waals surface area contributed by atoms with Gasteiger partial charge >= 0.3 is 0 Å². The van der Waals surface area contributed by atoms with Crippen LogP contribution in [0.1, 0.15) is 32.3 Å². The lowest BCUT2D eigenvalue weighted by Crippen LogP contribution is -2.14. The summed E-state index contributed by atoms with van der Waals surface area (Å²) < 4.78 is 0. The van der Waals surface area contributed by atoms with Crippen molar-refractivity contribution >= 4 is 33.9 Å². The number of carbonyl (C=O) groups is 1. The van der Waals surface area contributed by atoms with Crippen LogP contribution in [0.25, 0.3) is 21.9 Å². The zero-order chi connectivity index (χ0) is 19.8. The summed E-state index contributed by atoms with van der Waals surface area (Å²) in [5.74, 6) is 0.744. The van der Waals surface area contributed by atoms with Crippen molar-refractivity contribution in [1.29, 1.82) is 0 Å². The molecular formula is C22H25N5O. The van der Waals surface area contributed by atoms with Gasteiger partial charge in [0.05, 0.1) is 11.9 Å². The summed E-state index contributed by atoms with van der Waals surface area (Å²) in [6.07, 6.45) is 7.35. The van der Waals surface area contributed by atoms with Gasteiger partial charge in [-0.25, -0.2) is 4.98 Å². The molecule has 2 aromatic heterocycles. The van der Waals surface area contributed by atoms with Gasteiger partial charge in [0.2, 0.25) is 5.91 Å². The number of pyridine rings is 2. The van der Waals surface area contributed by atoms with E-state index >= 15 is 0 Å². The van der Waals surface area contributed by atoms with E-state index < -0.39 is 0 Å². The fraction of sp³-hybridized carbons (Fsp3) is 0.318. The summed E-state index contributed by atoms with van der Waals surface area (Å²) >= 11 is 0. The van der Waals surface area contributed by atoms with E-state index in [2.05, 4.69) is 47.4 Å². The molecule has 3 aromatic rings.